The highest BCUT2D eigenvalue weighted by Gasteiger charge is 2.52. The van der Waals surface area contributed by atoms with Gasteiger partial charge in [0.05, 0.1) is 46.4 Å². The maximum atomic E-state index is 13.3. The second-order valence-corrected chi connectivity index (χ2v) is 36.7. The van der Waals surface area contributed by atoms with E-state index in [-0.39, 0.29) is 105 Å². The highest BCUT2D eigenvalue weighted by atomic mass is 79.9. The lowest BCUT2D eigenvalue weighted by atomic mass is 9.78. The molecule has 0 aliphatic carbocycles. The lowest BCUT2D eigenvalue weighted by Crippen LogP contribution is -2.43. The van der Waals surface area contributed by atoms with Crippen LogP contribution in [0.25, 0.3) is 65.6 Å². The van der Waals surface area contributed by atoms with E-state index < -0.39 is 22.4 Å². The van der Waals surface area contributed by atoms with Crippen molar-refractivity contribution >= 4 is 146 Å². The summed E-state index contributed by atoms with van der Waals surface area (Å²) in [4.78, 5) is 101. The third kappa shape index (κ3) is 20.0. The van der Waals surface area contributed by atoms with Crippen molar-refractivity contribution in [1.29, 1.82) is 0 Å². The SMILES string of the molecule is CC(C)(C)OC(=O)N1CCCCC1c1cc(=O)c2ccc(-c3ccc4cc(C5=CN=C([C@@H]6CCCN6C(=O)OC(C)(C)C)C5)ccc4c3)cc2[nH]1.CC(C)(C)OC(=O)N1CCCCC1c1cc(=O)c2ccc(Br)cc2[nH]1.CC(C)(C)OC(=O)N1CCC[C@H]1C1=NC=C(c2ccc3cc(B4OC(C)(C)C(C)(C)O4)ccc3c2)C1.S.S. The summed E-state index contributed by atoms with van der Waals surface area (Å²) in [5.74, 6) is 0. The number of hydrogen-bond acceptors (Lipinski definition) is 14. The van der Waals surface area contributed by atoms with E-state index in [9.17, 15) is 28.8 Å². The Hall–Kier alpha value is -8.68. The quantitative estimate of drug-likeness (QED) is 0.107. The molecular weight excluding hydrogens is 1540 g/mol. The number of likely N-dealkylation sites (tertiary alicyclic amines) is 4. The normalized spacial score (nSPS) is 20.2. The van der Waals surface area contributed by atoms with Crippen LogP contribution in [0, 0.1) is 0 Å². The van der Waals surface area contributed by atoms with Gasteiger partial charge in [0.1, 0.15) is 22.4 Å². The fourth-order valence-electron chi connectivity index (χ4n) is 15.8. The van der Waals surface area contributed by atoms with Crippen LogP contribution < -0.4 is 16.3 Å². The number of amides is 4. The summed E-state index contributed by atoms with van der Waals surface area (Å²) in [6, 6.07) is 40.1. The number of fused-ring (bicyclic) bond motifs is 4. The van der Waals surface area contributed by atoms with E-state index in [1.54, 1.807) is 28.0 Å². The smallest absolute Gasteiger partial charge is 0.444 e. The first kappa shape index (κ1) is 86.2. The molecule has 2 N–H and O–H groups in total. The molecule has 24 heteroatoms. The van der Waals surface area contributed by atoms with Crippen molar-refractivity contribution < 1.29 is 47.4 Å². The van der Waals surface area contributed by atoms with Crippen LogP contribution in [0.15, 0.2) is 158 Å². The second kappa shape index (κ2) is 34.3. The zero-order chi connectivity index (χ0) is 80.1. The van der Waals surface area contributed by atoms with Crippen molar-refractivity contribution in [3.05, 3.63) is 181 Å². The third-order valence-electron chi connectivity index (χ3n) is 22.0. The van der Waals surface area contributed by atoms with Gasteiger partial charge in [0.2, 0.25) is 0 Å². The molecule has 20 nitrogen and oxygen atoms in total. The number of nitrogens with one attached hydrogen (secondary N) is 2. The van der Waals surface area contributed by atoms with Crippen molar-refractivity contribution in [1.82, 2.24) is 29.6 Å². The predicted octanol–water partition coefficient (Wildman–Crippen LogP) is 20.1. The zero-order valence-corrected chi connectivity index (χ0v) is 72.4. The van der Waals surface area contributed by atoms with Crippen LogP contribution in [0.1, 0.15) is 222 Å². The minimum absolute atomic E-state index is 0. The Morgan fingerprint density at radius 1 is 0.430 bits per heavy atom. The molecule has 15 rings (SSSR count). The van der Waals surface area contributed by atoms with Gasteiger partial charge < -0.3 is 38.2 Å². The molecule has 606 valence electrons. The first-order valence-corrected chi connectivity index (χ1v) is 40.5. The van der Waals surface area contributed by atoms with Gasteiger partial charge in [-0.15, -0.1) is 0 Å². The molecule has 114 heavy (non-hydrogen) atoms. The maximum absolute atomic E-state index is 13.3. The monoisotopic (exact) mass is 1650 g/mol. The van der Waals surface area contributed by atoms with Gasteiger partial charge in [0, 0.05) is 102 Å². The number of hydrogen-bond donors (Lipinski definition) is 2. The van der Waals surface area contributed by atoms with Crippen LogP contribution in [0.3, 0.4) is 0 Å². The van der Waals surface area contributed by atoms with Crippen LogP contribution in [-0.2, 0) is 28.3 Å². The third-order valence-corrected chi connectivity index (χ3v) is 22.5. The molecular formula is C90H112BBrN8O12S2. The molecule has 6 aromatic carbocycles. The van der Waals surface area contributed by atoms with Gasteiger partial charge in [-0.1, -0.05) is 76.6 Å². The van der Waals surface area contributed by atoms with E-state index in [4.69, 9.17) is 38.2 Å². The molecule has 4 amide bonds. The van der Waals surface area contributed by atoms with Crippen LogP contribution >= 0.6 is 42.9 Å². The number of benzene rings is 6. The molecule has 2 aromatic heterocycles. The highest BCUT2D eigenvalue weighted by Crippen LogP contribution is 2.41. The number of carbonyl (C=O) groups is 4. The van der Waals surface area contributed by atoms with E-state index >= 15 is 0 Å². The Kier molecular flexibility index (Phi) is 25.9. The van der Waals surface area contributed by atoms with Crippen molar-refractivity contribution in [2.75, 3.05) is 26.2 Å². The summed E-state index contributed by atoms with van der Waals surface area (Å²) in [6.07, 6.45) is 13.3. The van der Waals surface area contributed by atoms with Gasteiger partial charge in [0.15, 0.2) is 10.9 Å². The number of aromatic nitrogens is 2. The molecule has 8 aromatic rings. The number of ether oxygens (including phenoxy) is 4. The molecule has 0 radical (unpaired) electrons. The summed E-state index contributed by atoms with van der Waals surface area (Å²) in [6.45, 7) is 33.5. The molecule has 0 saturated carbocycles. The average molecular weight is 1650 g/mol. The number of rotatable bonds is 8. The molecule has 7 aliphatic heterocycles. The van der Waals surface area contributed by atoms with Crippen LogP contribution in [0.2, 0.25) is 0 Å². The van der Waals surface area contributed by atoms with Crippen LogP contribution in [0.4, 0.5) is 19.2 Å². The van der Waals surface area contributed by atoms with Gasteiger partial charge >= 0.3 is 31.5 Å². The average Bonchev–Trinajstić information content (AvgIpc) is 1.58. The van der Waals surface area contributed by atoms with Gasteiger partial charge in [-0.05, 0) is 284 Å². The van der Waals surface area contributed by atoms with E-state index in [1.807, 2.05) is 136 Å². The first-order valence-electron chi connectivity index (χ1n) is 39.7. The summed E-state index contributed by atoms with van der Waals surface area (Å²) >= 11 is 3.44. The second-order valence-electron chi connectivity index (χ2n) is 35.8. The fourth-order valence-corrected chi connectivity index (χ4v) is 16.2. The van der Waals surface area contributed by atoms with Crippen LogP contribution in [-0.4, -0.2) is 144 Å². The maximum Gasteiger partial charge on any atom is 0.494 e. The lowest BCUT2D eigenvalue weighted by Gasteiger charge is -2.36. The zero-order valence-electron chi connectivity index (χ0n) is 68.9. The summed E-state index contributed by atoms with van der Waals surface area (Å²) in [5, 5.41) is 5.81. The number of aliphatic imine (C=N–C) groups is 2. The number of H-pyrrole nitrogens is 2. The van der Waals surface area contributed by atoms with E-state index in [1.165, 1.54) is 11.0 Å². The Bertz CT molecular complexity index is 5220. The molecule has 0 spiro atoms. The number of aromatic amines is 2. The van der Waals surface area contributed by atoms with Crippen molar-refractivity contribution in [2.24, 2.45) is 9.98 Å². The topological polar surface area (TPSA) is 227 Å². The molecule has 4 atom stereocenters. The Labute approximate surface area is 692 Å². The number of carbonyl (C=O) groups excluding carboxylic acids is 4. The molecule has 7 aliphatic rings. The minimum atomic E-state index is -0.597. The first-order chi connectivity index (χ1) is 52.8. The number of halogens is 1. The molecule has 0 bridgehead atoms. The van der Waals surface area contributed by atoms with E-state index in [2.05, 4.69) is 126 Å². The molecule has 9 heterocycles. The number of piperidine rings is 2. The molecule has 5 fully saturated rings. The van der Waals surface area contributed by atoms with Gasteiger partial charge in [-0.2, -0.15) is 27.0 Å². The molecule has 5 saturated heterocycles. The van der Waals surface area contributed by atoms with Crippen molar-refractivity contribution in [3.8, 4) is 11.1 Å². The standard InChI is InChI=1S/C42H48N4O5.C29H37BN2O4.C19H23BrN2O3.2H2S/c1-41(2,3)50-39(48)45-18-8-7-10-37(45)35-24-38(47)32-17-16-30(22-33(32)44-35)28-13-12-27-21-29(15-14-26(27)20-28)31-23-34(43-25-31)36-11-9-19-46(36)40(49)51-42(4,5)6;1-27(2,3)34-26(33)32-14-8-9-25(32)24-17-22(18-31-24)20-10-11-21-16-23(13-12-19(21)15-20)30-35-28(4,5)29(6,7)36-30;1-19(2,3)25-18(24)22-9-5-4-6-16(22)15-11-17(23)13-8-7-12(20)10-14(13)21-15;;/h12-17,20-22,24-25,36-37H,7-11,18-19,23H2,1-6H3,(H,44,47);10-13,15-16,18,25H,8-9,14,17H2,1-7H3;7-8,10-11,16H,4-6,9H2,1-3H3,(H,21,23);2*1H2/t36-,37?;25-;;;/m00.../s1. The summed E-state index contributed by atoms with van der Waals surface area (Å²) in [7, 11) is -0.369. The molecule has 2 unspecified atom stereocenters. The fraction of sp³-hybridized carbons (Fsp3) is 0.467. The van der Waals surface area contributed by atoms with Gasteiger partial charge in [-0.25, -0.2) is 19.2 Å². The van der Waals surface area contributed by atoms with Crippen LogP contribution in [0.5, 0.6) is 0 Å². The van der Waals surface area contributed by atoms with Gasteiger partial charge in [-0.3, -0.25) is 39.2 Å². The van der Waals surface area contributed by atoms with Gasteiger partial charge in [0.25, 0.3) is 0 Å². The van der Waals surface area contributed by atoms with Crippen molar-refractivity contribution in [3.63, 3.8) is 0 Å². The largest absolute Gasteiger partial charge is 0.494 e. The Morgan fingerprint density at radius 3 is 1.20 bits per heavy atom. The summed E-state index contributed by atoms with van der Waals surface area (Å²) < 4.78 is 36.0. The lowest BCUT2D eigenvalue weighted by molar-refractivity contribution is 0.00578. The van der Waals surface area contributed by atoms with Crippen molar-refractivity contribution in [2.45, 2.75) is 246 Å². The highest BCUT2D eigenvalue weighted by molar-refractivity contribution is 9.10. The predicted molar refractivity (Wildman–Crippen MR) is 471 cm³/mol. The Morgan fingerprint density at radius 2 is 0.772 bits per heavy atom. The van der Waals surface area contributed by atoms with E-state index in [0.29, 0.717) is 36.8 Å². The number of pyridine rings is 2. The minimum Gasteiger partial charge on any atom is -0.444 e. The number of nitrogens with zero attached hydrogens (tertiary/aromatic N) is 6. The number of allylic oxidation sites excluding steroid dienone is 2. The Balaban J connectivity index is 0.000000178. The van der Waals surface area contributed by atoms with E-state index in [0.717, 1.165) is 165 Å². The summed E-state index contributed by atoms with van der Waals surface area (Å²) in [5.41, 5.74) is 9.76.